The van der Waals surface area contributed by atoms with Gasteiger partial charge >= 0.3 is 0 Å². The number of hydrogen-bond donors (Lipinski definition) is 1. The van der Waals surface area contributed by atoms with Crippen molar-refractivity contribution in [2.45, 2.75) is 20.3 Å². The highest BCUT2D eigenvalue weighted by molar-refractivity contribution is 5.95. The van der Waals surface area contributed by atoms with Crippen molar-refractivity contribution in [3.63, 3.8) is 0 Å². The molecule has 114 valence electrons. The third-order valence-corrected chi connectivity index (χ3v) is 3.64. The predicted octanol–water partition coefficient (Wildman–Crippen LogP) is 1.60. The van der Waals surface area contributed by atoms with E-state index in [9.17, 15) is 9.59 Å². The maximum absolute atomic E-state index is 12.4. The van der Waals surface area contributed by atoms with Gasteiger partial charge in [-0.15, -0.1) is 0 Å². The lowest BCUT2D eigenvalue weighted by Gasteiger charge is -2.35. The number of rotatable bonds is 3. The smallest absolute Gasteiger partial charge is 0.254 e. The first-order valence-corrected chi connectivity index (χ1v) is 7.40. The summed E-state index contributed by atoms with van der Waals surface area (Å²) in [6.45, 7) is 6.46. The number of hydrogen-bond acceptors (Lipinski definition) is 3. The maximum atomic E-state index is 12.4. The Bertz CT molecular complexity index is 520. The summed E-state index contributed by atoms with van der Waals surface area (Å²) in [5, 5.41) is 0. The van der Waals surface area contributed by atoms with Gasteiger partial charge in [-0.2, -0.15) is 0 Å². The van der Waals surface area contributed by atoms with Gasteiger partial charge in [0.25, 0.3) is 5.91 Å². The summed E-state index contributed by atoms with van der Waals surface area (Å²) in [7, 11) is 0. The van der Waals surface area contributed by atoms with Gasteiger partial charge in [-0.05, 0) is 24.1 Å². The Morgan fingerprint density at radius 3 is 2.33 bits per heavy atom. The summed E-state index contributed by atoms with van der Waals surface area (Å²) in [6, 6.07) is 7.01. The minimum Gasteiger partial charge on any atom is -0.399 e. The Hall–Kier alpha value is -2.04. The highest BCUT2D eigenvalue weighted by Crippen LogP contribution is 2.13. The minimum atomic E-state index is -0.0155. The molecule has 0 aromatic heterocycles. The molecule has 1 heterocycles. The lowest BCUT2D eigenvalue weighted by atomic mass is 10.1. The van der Waals surface area contributed by atoms with Crippen molar-refractivity contribution in [1.82, 2.24) is 9.80 Å². The zero-order valence-electron chi connectivity index (χ0n) is 12.7. The van der Waals surface area contributed by atoms with Gasteiger partial charge in [0.05, 0.1) is 0 Å². The normalized spacial score (nSPS) is 15.4. The molecular weight excluding hydrogens is 266 g/mol. The number of benzene rings is 1. The van der Waals surface area contributed by atoms with E-state index in [1.54, 1.807) is 29.2 Å². The van der Waals surface area contributed by atoms with Crippen molar-refractivity contribution in [3.8, 4) is 0 Å². The molecule has 1 fully saturated rings. The number of anilines is 1. The van der Waals surface area contributed by atoms with Crippen LogP contribution in [0.3, 0.4) is 0 Å². The van der Waals surface area contributed by atoms with Crippen molar-refractivity contribution in [3.05, 3.63) is 29.8 Å². The van der Waals surface area contributed by atoms with Crippen LogP contribution in [0.4, 0.5) is 5.69 Å². The summed E-state index contributed by atoms with van der Waals surface area (Å²) in [4.78, 5) is 28.0. The Kier molecular flexibility index (Phi) is 4.83. The van der Waals surface area contributed by atoms with Gasteiger partial charge in [0.1, 0.15) is 0 Å². The van der Waals surface area contributed by atoms with Crippen LogP contribution < -0.4 is 5.73 Å². The molecule has 1 aliphatic heterocycles. The summed E-state index contributed by atoms with van der Waals surface area (Å²) in [5.74, 6) is 0.531. The Morgan fingerprint density at radius 1 is 1.14 bits per heavy atom. The van der Waals surface area contributed by atoms with Crippen LogP contribution in [0.15, 0.2) is 24.3 Å². The quantitative estimate of drug-likeness (QED) is 0.859. The lowest BCUT2D eigenvalue weighted by molar-refractivity contribution is -0.133. The number of nitrogen functional groups attached to an aromatic ring is 1. The van der Waals surface area contributed by atoms with E-state index in [1.807, 2.05) is 18.7 Å². The van der Waals surface area contributed by atoms with Crippen molar-refractivity contribution < 1.29 is 9.59 Å². The summed E-state index contributed by atoms with van der Waals surface area (Å²) in [5.41, 5.74) is 6.91. The van der Waals surface area contributed by atoms with Gasteiger partial charge in [0.15, 0.2) is 0 Å². The third kappa shape index (κ3) is 3.97. The second-order valence-electron chi connectivity index (χ2n) is 5.90. The minimum absolute atomic E-state index is 0.0155. The molecule has 1 aliphatic rings. The monoisotopic (exact) mass is 289 g/mol. The van der Waals surface area contributed by atoms with Crippen molar-refractivity contribution in [2.75, 3.05) is 31.9 Å². The average Bonchev–Trinajstić information content (AvgIpc) is 2.46. The molecule has 2 rings (SSSR count). The summed E-state index contributed by atoms with van der Waals surface area (Å²) in [6.07, 6.45) is 0.573. The van der Waals surface area contributed by atoms with Crippen LogP contribution in [0.2, 0.25) is 0 Å². The van der Waals surface area contributed by atoms with E-state index in [-0.39, 0.29) is 11.8 Å². The first kappa shape index (κ1) is 15.4. The van der Waals surface area contributed by atoms with Gasteiger partial charge in [0.2, 0.25) is 5.91 Å². The molecule has 0 unspecified atom stereocenters. The molecule has 0 aliphatic carbocycles. The maximum Gasteiger partial charge on any atom is 0.254 e. The Morgan fingerprint density at radius 2 is 1.76 bits per heavy atom. The number of nitrogens with zero attached hydrogens (tertiary/aromatic N) is 2. The molecule has 0 radical (unpaired) electrons. The molecule has 2 amide bonds. The van der Waals surface area contributed by atoms with Gasteiger partial charge in [-0.1, -0.05) is 19.9 Å². The highest BCUT2D eigenvalue weighted by atomic mass is 16.2. The highest BCUT2D eigenvalue weighted by Gasteiger charge is 2.24. The van der Waals surface area contributed by atoms with E-state index in [1.165, 1.54) is 0 Å². The van der Waals surface area contributed by atoms with E-state index in [4.69, 9.17) is 5.73 Å². The molecule has 1 saturated heterocycles. The van der Waals surface area contributed by atoms with E-state index >= 15 is 0 Å². The molecule has 5 heteroatoms. The van der Waals surface area contributed by atoms with Gasteiger partial charge in [-0.3, -0.25) is 9.59 Å². The van der Waals surface area contributed by atoms with Gasteiger partial charge in [0, 0.05) is 43.9 Å². The van der Waals surface area contributed by atoms with Gasteiger partial charge in [-0.25, -0.2) is 0 Å². The topological polar surface area (TPSA) is 66.6 Å². The van der Waals surface area contributed by atoms with E-state index in [0.29, 0.717) is 49.8 Å². The molecule has 21 heavy (non-hydrogen) atoms. The molecule has 5 nitrogen and oxygen atoms in total. The number of carbonyl (C=O) groups is 2. The van der Waals surface area contributed by atoms with Crippen molar-refractivity contribution in [2.24, 2.45) is 5.92 Å². The van der Waals surface area contributed by atoms with E-state index in [0.717, 1.165) is 0 Å². The Balaban J connectivity index is 1.92. The summed E-state index contributed by atoms with van der Waals surface area (Å²) >= 11 is 0. The number of carbonyl (C=O) groups excluding carboxylic acids is 2. The molecule has 0 bridgehead atoms. The number of amides is 2. The zero-order valence-corrected chi connectivity index (χ0v) is 12.7. The van der Waals surface area contributed by atoms with Crippen LogP contribution in [-0.4, -0.2) is 47.8 Å². The molecule has 0 atom stereocenters. The predicted molar refractivity (Wildman–Crippen MR) is 82.8 cm³/mol. The van der Waals surface area contributed by atoms with Crippen LogP contribution in [0.25, 0.3) is 0 Å². The van der Waals surface area contributed by atoms with Crippen LogP contribution >= 0.6 is 0 Å². The molecule has 1 aromatic carbocycles. The largest absolute Gasteiger partial charge is 0.399 e. The summed E-state index contributed by atoms with van der Waals surface area (Å²) < 4.78 is 0. The first-order chi connectivity index (χ1) is 9.97. The SMILES string of the molecule is CC(C)CC(=O)N1CCN(C(=O)c2cccc(N)c2)CC1. The number of piperazine rings is 1. The number of nitrogens with two attached hydrogens (primary N) is 1. The standard InChI is InChI=1S/C16H23N3O2/c1-12(2)10-15(20)18-6-8-19(9-7-18)16(21)13-4-3-5-14(17)11-13/h3-5,11-12H,6-10,17H2,1-2H3. The average molecular weight is 289 g/mol. The van der Waals surface area contributed by atoms with E-state index < -0.39 is 0 Å². The first-order valence-electron chi connectivity index (χ1n) is 7.40. The second-order valence-corrected chi connectivity index (χ2v) is 5.90. The molecule has 1 aromatic rings. The van der Waals surface area contributed by atoms with Crippen LogP contribution in [0.5, 0.6) is 0 Å². The lowest BCUT2D eigenvalue weighted by Crippen LogP contribution is -2.50. The van der Waals surface area contributed by atoms with Crippen LogP contribution in [0.1, 0.15) is 30.6 Å². The van der Waals surface area contributed by atoms with Crippen LogP contribution in [0, 0.1) is 5.92 Å². The fourth-order valence-corrected chi connectivity index (χ4v) is 2.49. The fourth-order valence-electron chi connectivity index (χ4n) is 2.49. The van der Waals surface area contributed by atoms with Crippen LogP contribution in [-0.2, 0) is 4.79 Å². The van der Waals surface area contributed by atoms with Crippen molar-refractivity contribution >= 4 is 17.5 Å². The second kappa shape index (κ2) is 6.61. The molecule has 2 N–H and O–H groups in total. The van der Waals surface area contributed by atoms with Gasteiger partial charge < -0.3 is 15.5 Å². The molecular formula is C16H23N3O2. The fraction of sp³-hybridized carbons (Fsp3) is 0.500. The van der Waals surface area contributed by atoms with Crippen molar-refractivity contribution in [1.29, 1.82) is 0 Å². The van der Waals surface area contributed by atoms with E-state index in [2.05, 4.69) is 0 Å². The molecule has 0 spiro atoms. The zero-order chi connectivity index (χ0) is 15.4. The molecule has 0 saturated carbocycles. The Labute approximate surface area is 125 Å². The third-order valence-electron chi connectivity index (χ3n) is 3.64.